The van der Waals surface area contributed by atoms with Crippen molar-refractivity contribution < 1.29 is 51.3 Å². The number of halogens is 6. The maximum Gasteiger partial charge on any atom is 0.490 e. The minimum Gasteiger partial charge on any atom is -0.488 e. The maximum absolute atomic E-state index is 12.8. The molecular formula is C28H32ClF5N4O6. The van der Waals surface area contributed by atoms with E-state index in [-0.39, 0.29) is 29.6 Å². The van der Waals surface area contributed by atoms with Gasteiger partial charge in [0, 0.05) is 55.8 Å². The van der Waals surface area contributed by atoms with E-state index in [0.29, 0.717) is 48.1 Å². The second kappa shape index (κ2) is 15.3. The average molecular weight is 651 g/mol. The van der Waals surface area contributed by atoms with E-state index in [1.165, 1.54) is 13.0 Å². The third-order valence-corrected chi connectivity index (χ3v) is 7.10. The molecule has 2 aliphatic heterocycles. The Morgan fingerprint density at radius 1 is 1.07 bits per heavy atom. The lowest BCUT2D eigenvalue weighted by Gasteiger charge is -2.34. The first-order chi connectivity index (χ1) is 20.6. The molecule has 242 valence electrons. The van der Waals surface area contributed by atoms with Crippen molar-refractivity contribution in [2.45, 2.75) is 50.6 Å². The number of benzene rings is 2. The van der Waals surface area contributed by atoms with Crippen LogP contribution in [-0.2, 0) is 9.59 Å². The number of anilines is 2. The Labute approximate surface area is 254 Å². The number of nitrogens with zero attached hydrogens (tertiary/aromatic N) is 2. The van der Waals surface area contributed by atoms with Gasteiger partial charge in [0.1, 0.15) is 12.4 Å². The number of β-amino-alcohol motifs (C(OH)–C–C–N with tert-alkyl or cyclic N) is 1. The number of hydrogen-bond donors (Lipinski definition) is 4. The van der Waals surface area contributed by atoms with E-state index in [9.17, 15) is 36.6 Å². The fourth-order valence-corrected chi connectivity index (χ4v) is 4.92. The van der Waals surface area contributed by atoms with E-state index in [4.69, 9.17) is 26.2 Å². The summed E-state index contributed by atoms with van der Waals surface area (Å²) in [5.74, 6) is -2.79. The summed E-state index contributed by atoms with van der Waals surface area (Å²) in [6.45, 7) is 2.61. The van der Waals surface area contributed by atoms with Crippen LogP contribution in [0.5, 0.6) is 5.75 Å². The Hall–Kier alpha value is -3.69. The quantitative estimate of drug-likeness (QED) is 0.315. The van der Waals surface area contributed by atoms with Crippen LogP contribution in [0.2, 0.25) is 5.02 Å². The summed E-state index contributed by atoms with van der Waals surface area (Å²) in [5.41, 5.74) is 1.71. The van der Waals surface area contributed by atoms with Gasteiger partial charge in [0.05, 0.1) is 23.5 Å². The molecule has 0 saturated carbocycles. The Balaban J connectivity index is 0.000000676. The summed E-state index contributed by atoms with van der Waals surface area (Å²) >= 11 is 5.92. The lowest BCUT2D eigenvalue weighted by molar-refractivity contribution is -0.192. The summed E-state index contributed by atoms with van der Waals surface area (Å²) in [4.78, 5) is 37.1. The van der Waals surface area contributed by atoms with Gasteiger partial charge in [0.25, 0.3) is 12.3 Å². The highest BCUT2D eigenvalue weighted by Gasteiger charge is 2.38. The molecule has 0 aliphatic carbocycles. The third kappa shape index (κ3) is 10.2. The number of ether oxygens (including phenoxy) is 1. The molecule has 0 spiro atoms. The molecule has 44 heavy (non-hydrogen) atoms. The molecule has 2 aromatic rings. The molecule has 2 atom stereocenters. The van der Waals surface area contributed by atoms with Gasteiger partial charge in [-0.3, -0.25) is 9.59 Å². The van der Waals surface area contributed by atoms with Gasteiger partial charge in [-0.15, -0.1) is 0 Å². The zero-order chi connectivity index (χ0) is 32.6. The van der Waals surface area contributed by atoms with Crippen LogP contribution in [0.1, 0.15) is 30.1 Å². The Morgan fingerprint density at radius 3 is 2.23 bits per heavy atom. The fraction of sp³-hybridized carbons (Fsp3) is 0.464. The number of rotatable bonds is 8. The average Bonchev–Trinajstić information content (AvgIpc) is 3.32. The lowest BCUT2D eigenvalue weighted by atomic mass is 10.0. The summed E-state index contributed by atoms with van der Waals surface area (Å²) in [6, 6.07) is 11.5. The SMILES string of the molecule is CC(=O)Nc1ccc(OCC(F)F)cc1N1CC(NC2CCN(C(=O)c3ccc(Cl)cc3)CC2)[C@H](O)C1.O=C(O)C(F)(F)F. The highest BCUT2D eigenvalue weighted by atomic mass is 35.5. The predicted octanol–water partition coefficient (Wildman–Crippen LogP) is 4.02. The van der Waals surface area contributed by atoms with E-state index >= 15 is 0 Å². The van der Waals surface area contributed by atoms with Gasteiger partial charge < -0.3 is 35.4 Å². The molecule has 2 heterocycles. The summed E-state index contributed by atoms with van der Waals surface area (Å²) < 4.78 is 62.1. The second-order valence-corrected chi connectivity index (χ2v) is 10.6. The van der Waals surface area contributed by atoms with Crippen LogP contribution in [0.15, 0.2) is 42.5 Å². The van der Waals surface area contributed by atoms with Gasteiger partial charge in [0.2, 0.25) is 5.91 Å². The lowest BCUT2D eigenvalue weighted by Crippen LogP contribution is -2.50. The monoisotopic (exact) mass is 650 g/mol. The molecule has 4 rings (SSSR count). The number of carboxylic acids is 1. The molecule has 2 saturated heterocycles. The number of aliphatic hydroxyl groups is 1. The third-order valence-electron chi connectivity index (χ3n) is 6.85. The van der Waals surface area contributed by atoms with Crippen molar-refractivity contribution in [3.8, 4) is 5.75 Å². The topological polar surface area (TPSA) is 131 Å². The summed E-state index contributed by atoms with van der Waals surface area (Å²) in [7, 11) is 0. The molecule has 2 aliphatic rings. The first kappa shape index (κ1) is 34.8. The molecule has 0 bridgehead atoms. The number of piperidine rings is 1. The molecule has 16 heteroatoms. The number of carbonyl (C=O) groups excluding carboxylic acids is 2. The smallest absolute Gasteiger partial charge is 0.488 e. The van der Waals surface area contributed by atoms with Crippen LogP contribution >= 0.6 is 11.6 Å². The normalized spacial score (nSPS) is 18.9. The van der Waals surface area contributed by atoms with E-state index in [1.807, 2.05) is 9.80 Å². The van der Waals surface area contributed by atoms with Crippen LogP contribution in [-0.4, -0.2) is 96.5 Å². The largest absolute Gasteiger partial charge is 0.490 e. The highest BCUT2D eigenvalue weighted by Crippen LogP contribution is 2.33. The number of carbonyl (C=O) groups is 3. The minimum atomic E-state index is -5.08. The van der Waals surface area contributed by atoms with Crippen molar-refractivity contribution in [1.29, 1.82) is 0 Å². The molecule has 0 aromatic heterocycles. The maximum atomic E-state index is 12.8. The Morgan fingerprint density at radius 2 is 1.68 bits per heavy atom. The van der Waals surface area contributed by atoms with Gasteiger partial charge in [0.15, 0.2) is 0 Å². The van der Waals surface area contributed by atoms with Gasteiger partial charge in [-0.2, -0.15) is 13.2 Å². The van der Waals surface area contributed by atoms with E-state index in [2.05, 4.69) is 10.6 Å². The van der Waals surface area contributed by atoms with Crippen LogP contribution in [0.3, 0.4) is 0 Å². The van der Waals surface area contributed by atoms with Gasteiger partial charge in [-0.05, 0) is 49.2 Å². The van der Waals surface area contributed by atoms with E-state index in [0.717, 1.165) is 12.8 Å². The van der Waals surface area contributed by atoms with Gasteiger partial charge in [-0.25, -0.2) is 13.6 Å². The first-order valence-electron chi connectivity index (χ1n) is 13.5. The number of aliphatic carboxylic acids is 1. The van der Waals surface area contributed by atoms with Crippen molar-refractivity contribution in [3.05, 3.63) is 53.1 Å². The number of nitrogens with one attached hydrogen (secondary N) is 2. The molecule has 4 N–H and O–H groups in total. The van der Waals surface area contributed by atoms with Crippen LogP contribution in [0, 0.1) is 0 Å². The molecule has 0 radical (unpaired) electrons. The van der Waals surface area contributed by atoms with Crippen molar-refractivity contribution in [3.63, 3.8) is 0 Å². The molecular weight excluding hydrogens is 619 g/mol. The minimum absolute atomic E-state index is 0.0263. The van der Waals surface area contributed by atoms with Gasteiger partial charge >= 0.3 is 12.1 Å². The number of amides is 2. The summed E-state index contributed by atoms with van der Waals surface area (Å²) in [5, 5.41) is 24.8. The number of likely N-dealkylation sites (tertiary alicyclic amines) is 1. The second-order valence-electron chi connectivity index (χ2n) is 10.2. The molecule has 2 amide bonds. The number of alkyl halides is 5. The van der Waals surface area contributed by atoms with Crippen LogP contribution in [0.4, 0.5) is 33.3 Å². The number of carboxylic acid groups (broad SMARTS) is 1. The zero-order valence-corrected chi connectivity index (χ0v) is 24.2. The number of aliphatic hydroxyl groups excluding tert-OH is 1. The zero-order valence-electron chi connectivity index (χ0n) is 23.5. The highest BCUT2D eigenvalue weighted by molar-refractivity contribution is 6.30. The number of hydrogen-bond acceptors (Lipinski definition) is 7. The van der Waals surface area contributed by atoms with E-state index in [1.54, 1.807) is 36.4 Å². The predicted molar refractivity (Wildman–Crippen MR) is 151 cm³/mol. The Kier molecular flexibility index (Phi) is 12.1. The van der Waals surface area contributed by atoms with Crippen molar-refractivity contribution in [2.75, 3.05) is 43.0 Å². The molecule has 10 nitrogen and oxygen atoms in total. The summed E-state index contributed by atoms with van der Waals surface area (Å²) in [6.07, 6.45) is -6.87. The van der Waals surface area contributed by atoms with Crippen LogP contribution < -0.4 is 20.3 Å². The standard InChI is InChI=1S/C26H31ClF2N4O4.C2HF3O2/c1-16(34)30-21-7-6-20(37-15-25(28)29)12-23(21)33-13-22(24(35)14-33)31-19-8-10-32(11-9-19)26(36)17-2-4-18(27)5-3-17;3-2(4,5)1(6)7/h2-7,12,19,22,24-25,31,35H,8-11,13-15H2,1H3,(H,30,34);(H,6,7)/t22?,24-;/m1./s1. The van der Waals surface area contributed by atoms with Gasteiger partial charge in [-0.1, -0.05) is 11.6 Å². The molecule has 1 unspecified atom stereocenters. The van der Waals surface area contributed by atoms with E-state index < -0.39 is 31.3 Å². The van der Waals surface area contributed by atoms with Crippen molar-refractivity contribution in [2.24, 2.45) is 0 Å². The molecule has 2 fully saturated rings. The van der Waals surface area contributed by atoms with Crippen LogP contribution in [0.25, 0.3) is 0 Å². The van der Waals surface area contributed by atoms with Crippen molar-refractivity contribution in [1.82, 2.24) is 10.2 Å². The van der Waals surface area contributed by atoms with Crippen molar-refractivity contribution >= 4 is 40.8 Å². The first-order valence-corrected chi connectivity index (χ1v) is 13.9. The fourth-order valence-electron chi connectivity index (χ4n) is 4.79. The molecule has 2 aromatic carbocycles. The Bertz CT molecular complexity index is 1290.